The number of primary amides is 1. The molecule has 1 saturated heterocycles. The summed E-state index contributed by atoms with van der Waals surface area (Å²) >= 11 is 0. The van der Waals surface area contributed by atoms with Gasteiger partial charge in [-0.3, -0.25) is 9.69 Å². The van der Waals surface area contributed by atoms with E-state index in [0.29, 0.717) is 6.54 Å². The fraction of sp³-hybridized carbons (Fsp3) is 0.909. The molecular weight excluding hydrogens is 206 g/mol. The molecule has 0 aliphatic carbocycles. The van der Waals surface area contributed by atoms with Gasteiger partial charge in [0.25, 0.3) is 0 Å². The second kappa shape index (κ2) is 6.18. The molecule has 1 rings (SSSR count). The molecular formula is C11H23N3O2. The third kappa shape index (κ3) is 4.08. The van der Waals surface area contributed by atoms with Crippen LogP contribution in [0.1, 0.15) is 20.8 Å². The third-order valence-corrected chi connectivity index (χ3v) is 2.73. The molecule has 0 radical (unpaired) electrons. The quantitative estimate of drug-likeness (QED) is 0.670. The van der Waals surface area contributed by atoms with E-state index in [2.05, 4.69) is 24.1 Å². The number of hydrogen-bond acceptors (Lipinski definition) is 4. The summed E-state index contributed by atoms with van der Waals surface area (Å²) < 4.78 is 5.64. The topological polar surface area (TPSA) is 67.6 Å². The van der Waals surface area contributed by atoms with Crippen molar-refractivity contribution in [1.29, 1.82) is 0 Å². The number of nitrogens with two attached hydrogens (primary N) is 1. The van der Waals surface area contributed by atoms with Crippen molar-refractivity contribution in [2.24, 2.45) is 5.73 Å². The maximum Gasteiger partial charge on any atom is 0.235 e. The molecule has 5 heteroatoms. The molecule has 1 amide bonds. The Kier molecular flexibility index (Phi) is 5.18. The minimum atomic E-state index is -0.284. The van der Waals surface area contributed by atoms with Gasteiger partial charge < -0.3 is 15.8 Å². The van der Waals surface area contributed by atoms with E-state index in [1.807, 2.05) is 6.92 Å². The lowest BCUT2D eigenvalue weighted by molar-refractivity contribution is -0.121. The summed E-state index contributed by atoms with van der Waals surface area (Å²) in [5, 5.41) is 3.10. The average Bonchev–Trinajstić information content (AvgIpc) is 2.15. The normalized spacial score (nSPS) is 28.9. The largest absolute Gasteiger partial charge is 0.373 e. The highest BCUT2D eigenvalue weighted by Crippen LogP contribution is 2.10. The van der Waals surface area contributed by atoms with Crippen molar-refractivity contribution in [3.63, 3.8) is 0 Å². The number of ether oxygens (including phenoxy) is 1. The van der Waals surface area contributed by atoms with Gasteiger partial charge in [0.1, 0.15) is 0 Å². The zero-order valence-corrected chi connectivity index (χ0v) is 10.4. The van der Waals surface area contributed by atoms with Crippen LogP contribution >= 0.6 is 0 Å². The monoisotopic (exact) mass is 229 g/mol. The summed E-state index contributed by atoms with van der Waals surface area (Å²) in [6.07, 6.45) is 0.442. The number of nitrogens with one attached hydrogen (secondary N) is 1. The van der Waals surface area contributed by atoms with Crippen molar-refractivity contribution in [2.45, 2.75) is 39.0 Å². The molecule has 3 unspecified atom stereocenters. The summed E-state index contributed by atoms with van der Waals surface area (Å²) in [5.74, 6) is -0.284. The Labute approximate surface area is 97.3 Å². The van der Waals surface area contributed by atoms with E-state index in [1.54, 1.807) is 0 Å². The van der Waals surface area contributed by atoms with E-state index in [9.17, 15) is 4.79 Å². The van der Waals surface area contributed by atoms with Crippen molar-refractivity contribution in [3.05, 3.63) is 0 Å². The third-order valence-electron chi connectivity index (χ3n) is 2.73. The highest BCUT2D eigenvalue weighted by molar-refractivity contribution is 5.80. The van der Waals surface area contributed by atoms with Crippen LogP contribution in [0.4, 0.5) is 0 Å². The Morgan fingerprint density at radius 1 is 1.50 bits per heavy atom. The summed E-state index contributed by atoms with van der Waals surface area (Å²) in [7, 11) is 0. The Hall–Kier alpha value is -0.650. The highest BCUT2D eigenvalue weighted by Gasteiger charge is 2.25. The molecule has 1 aliphatic rings. The molecule has 3 atom stereocenters. The fourth-order valence-corrected chi connectivity index (χ4v) is 2.19. The standard InChI is InChI=1S/C11H23N3O2/c1-4-13-10(11(12)15)7-14-5-8(2)16-9(3)6-14/h8-10,13H,4-7H2,1-3H3,(H2,12,15). The minimum absolute atomic E-state index is 0.221. The summed E-state index contributed by atoms with van der Waals surface area (Å²) in [6.45, 7) is 9.22. The summed E-state index contributed by atoms with van der Waals surface area (Å²) in [4.78, 5) is 13.5. The van der Waals surface area contributed by atoms with Crippen LogP contribution in [0.3, 0.4) is 0 Å². The Morgan fingerprint density at radius 3 is 2.50 bits per heavy atom. The number of hydrogen-bond donors (Lipinski definition) is 2. The van der Waals surface area contributed by atoms with Gasteiger partial charge in [-0.25, -0.2) is 0 Å². The Bertz CT molecular complexity index is 225. The molecule has 16 heavy (non-hydrogen) atoms. The first-order valence-electron chi connectivity index (χ1n) is 5.93. The van der Waals surface area contributed by atoms with Crippen molar-refractivity contribution < 1.29 is 9.53 Å². The first-order valence-corrected chi connectivity index (χ1v) is 5.93. The molecule has 1 fully saturated rings. The fourth-order valence-electron chi connectivity index (χ4n) is 2.19. The van der Waals surface area contributed by atoms with Crippen LogP contribution in [0.2, 0.25) is 0 Å². The first-order chi connectivity index (χ1) is 7.52. The van der Waals surface area contributed by atoms with Crippen molar-refractivity contribution in [3.8, 4) is 0 Å². The van der Waals surface area contributed by atoms with E-state index in [0.717, 1.165) is 19.6 Å². The van der Waals surface area contributed by atoms with Gasteiger partial charge in [-0.15, -0.1) is 0 Å². The predicted molar refractivity (Wildman–Crippen MR) is 63.1 cm³/mol. The average molecular weight is 229 g/mol. The Balaban J connectivity index is 2.47. The first kappa shape index (κ1) is 13.4. The molecule has 94 valence electrons. The molecule has 0 spiro atoms. The van der Waals surface area contributed by atoms with E-state index in [4.69, 9.17) is 10.5 Å². The molecule has 0 aromatic heterocycles. The highest BCUT2D eigenvalue weighted by atomic mass is 16.5. The Morgan fingerprint density at radius 2 is 2.06 bits per heavy atom. The molecule has 0 aromatic rings. The molecule has 5 nitrogen and oxygen atoms in total. The van der Waals surface area contributed by atoms with Gasteiger partial charge in [-0.1, -0.05) is 6.92 Å². The summed E-state index contributed by atoms with van der Waals surface area (Å²) in [6, 6.07) is -0.262. The van der Waals surface area contributed by atoms with Gasteiger partial charge in [0.2, 0.25) is 5.91 Å². The van der Waals surface area contributed by atoms with Crippen LogP contribution in [0, 0.1) is 0 Å². The number of morpholine rings is 1. The van der Waals surface area contributed by atoms with Gasteiger partial charge in [0.15, 0.2) is 0 Å². The molecule has 0 saturated carbocycles. The van der Waals surface area contributed by atoms with Gasteiger partial charge in [0, 0.05) is 19.6 Å². The van der Waals surface area contributed by atoms with Crippen molar-refractivity contribution in [1.82, 2.24) is 10.2 Å². The van der Waals surface area contributed by atoms with E-state index in [-0.39, 0.29) is 24.2 Å². The number of carbonyl (C=O) groups excluding carboxylic acids is 1. The lowest BCUT2D eigenvalue weighted by atomic mass is 10.2. The maximum atomic E-state index is 11.2. The number of likely N-dealkylation sites (N-methyl/N-ethyl adjacent to an activating group) is 1. The molecule has 0 aromatic carbocycles. The van der Waals surface area contributed by atoms with Crippen LogP contribution in [-0.2, 0) is 9.53 Å². The van der Waals surface area contributed by atoms with E-state index >= 15 is 0 Å². The van der Waals surface area contributed by atoms with E-state index < -0.39 is 0 Å². The minimum Gasteiger partial charge on any atom is -0.373 e. The van der Waals surface area contributed by atoms with Crippen LogP contribution in [-0.4, -0.2) is 55.2 Å². The van der Waals surface area contributed by atoms with E-state index in [1.165, 1.54) is 0 Å². The predicted octanol–water partition coefficient (Wildman–Crippen LogP) is -0.441. The summed E-state index contributed by atoms with van der Waals surface area (Å²) in [5.41, 5.74) is 5.35. The zero-order chi connectivity index (χ0) is 12.1. The molecule has 1 aliphatic heterocycles. The van der Waals surface area contributed by atoms with Crippen molar-refractivity contribution >= 4 is 5.91 Å². The number of rotatable bonds is 5. The smallest absolute Gasteiger partial charge is 0.235 e. The van der Waals surface area contributed by atoms with Gasteiger partial charge in [-0.2, -0.15) is 0 Å². The van der Waals surface area contributed by atoms with Gasteiger partial charge in [0.05, 0.1) is 18.2 Å². The van der Waals surface area contributed by atoms with Crippen LogP contribution in [0.15, 0.2) is 0 Å². The zero-order valence-electron chi connectivity index (χ0n) is 10.4. The van der Waals surface area contributed by atoms with Gasteiger partial charge in [-0.05, 0) is 20.4 Å². The molecule has 0 bridgehead atoms. The second-order valence-electron chi connectivity index (χ2n) is 4.49. The lowest BCUT2D eigenvalue weighted by Crippen LogP contribution is -2.54. The number of carbonyl (C=O) groups is 1. The van der Waals surface area contributed by atoms with Crippen molar-refractivity contribution in [2.75, 3.05) is 26.2 Å². The number of amides is 1. The maximum absolute atomic E-state index is 11.2. The molecule has 3 N–H and O–H groups in total. The molecule has 1 heterocycles. The SMILES string of the molecule is CCNC(CN1CC(C)OC(C)C1)C(N)=O. The van der Waals surface area contributed by atoms with Gasteiger partial charge >= 0.3 is 0 Å². The number of nitrogens with zero attached hydrogens (tertiary/aromatic N) is 1. The van der Waals surface area contributed by atoms with Crippen LogP contribution in [0.25, 0.3) is 0 Å². The van der Waals surface area contributed by atoms with Crippen LogP contribution < -0.4 is 11.1 Å². The second-order valence-corrected chi connectivity index (χ2v) is 4.49. The lowest BCUT2D eigenvalue weighted by Gasteiger charge is -2.36. The van der Waals surface area contributed by atoms with Crippen LogP contribution in [0.5, 0.6) is 0 Å².